The molecule has 8 nitrogen and oxygen atoms in total. The van der Waals surface area contributed by atoms with Gasteiger partial charge in [0.2, 0.25) is 5.82 Å². The molecule has 31 heavy (non-hydrogen) atoms. The van der Waals surface area contributed by atoms with Crippen LogP contribution in [0.15, 0.2) is 36.4 Å². The third-order valence-corrected chi connectivity index (χ3v) is 5.37. The number of primary amides is 1. The highest BCUT2D eigenvalue weighted by atomic mass is 16.3. The molecule has 0 spiro atoms. The summed E-state index contributed by atoms with van der Waals surface area (Å²) in [4.78, 5) is 12.0. The Bertz CT molecular complexity index is 1070. The van der Waals surface area contributed by atoms with Crippen LogP contribution in [-0.2, 0) is 0 Å². The largest absolute Gasteiger partial charge is 0.508 e. The number of amides is 1. The molecule has 164 valence electrons. The molecule has 0 radical (unpaired) electrons. The smallest absolute Gasteiger partial charge is 0.287 e. The minimum absolute atomic E-state index is 0.00531. The zero-order valence-corrected chi connectivity index (χ0v) is 18.3. The summed E-state index contributed by atoms with van der Waals surface area (Å²) in [7, 11) is 0. The first-order valence-electron chi connectivity index (χ1n) is 10.4. The van der Waals surface area contributed by atoms with Crippen LogP contribution in [0.5, 0.6) is 11.5 Å². The van der Waals surface area contributed by atoms with Crippen LogP contribution in [0.2, 0.25) is 0 Å². The van der Waals surface area contributed by atoms with Gasteiger partial charge in [-0.2, -0.15) is 0 Å². The van der Waals surface area contributed by atoms with Crippen molar-refractivity contribution in [1.29, 1.82) is 0 Å². The summed E-state index contributed by atoms with van der Waals surface area (Å²) in [6.07, 6.45) is 2.02. The second-order valence-electron chi connectivity index (χ2n) is 7.83. The first-order valence-corrected chi connectivity index (χ1v) is 10.4. The van der Waals surface area contributed by atoms with Gasteiger partial charge in [-0.3, -0.25) is 9.36 Å². The fourth-order valence-corrected chi connectivity index (χ4v) is 3.53. The van der Waals surface area contributed by atoms with Crippen molar-refractivity contribution in [1.82, 2.24) is 14.8 Å². The van der Waals surface area contributed by atoms with Crippen molar-refractivity contribution < 1.29 is 15.0 Å². The Balaban J connectivity index is 2.11. The van der Waals surface area contributed by atoms with E-state index in [9.17, 15) is 15.0 Å². The number of carbonyl (C=O) groups excluding carboxylic acids is 1. The van der Waals surface area contributed by atoms with E-state index in [1.807, 2.05) is 38.1 Å². The molecule has 0 unspecified atom stereocenters. The van der Waals surface area contributed by atoms with E-state index in [0.29, 0.717) is 22.9 Å². The fourth-order valence-electron chi connectivity index (χ4n) is 3.53. The molecular weight excluding hydrogens is 394 g/mol. The van der Waals surface area contributed by atoms with Crippen molar-refractivity contribution in [3.05, 3.63) is 47.8 Å². The summed E-state index contributed by atoms with van der Waals surface area (Å²) in [6, 6.07) is 10.8. The third-order valence-electron chi connectivity index (χ3n) is 5.37. The van der Waals surface area contributed by atoms with Crippen molar-refractivity contribution >= 4 is 11.6 Å². The molecule has 0 aliphatic carbocycles. The maximum atomic E-state index is 12.0. The van der Waals surface area contributed by atoms with Crippen LogP contribution in [0.4, 0.5) is 5.69 Å². The summed E-state index contributed by atoms with van der Waals surface area (Å²) in [5.74, 6) is -0.682. The Hall–Kier alpha value is -3.55. The number of phenols is 2. The zero-order valence-electron chi connectivity index (χ0n) is 18.3. The van der Waals surface area contributed by atoms with E-state index in [-0.39, 0.29) is 29.1 Å². The molecule has 0 bridgehead atoms. The molecule has 0 saturated carbocycles. The van der Waals surface area contributed by atoms with Crippen LogP contribution < -0.4 is 11.1 Å². The highest BCUT2D eigenvalue weighted by molar-refractivity contribution is 5.91. The van der Waals surface area contributed by atoms with Gasteiger partial charge in [0, 0.05) is 23.5 Å². The SMILES string of the molecule is CCC(CC)Nc1ccc(-n2c(C(N)=O)nnc2-c2cc(C(C)C)c(O)cc2O)cc1. The first-order chi connectivity index (χ1) is 14.8. The lowest BCUT2D eigenvalue weighted by atomic mass is 9.98. The molecule has 3 rings (SSSR count). The molecular formula is C23H29N5O3. The van der Waals surface area contributed by atoms with Gasteiger partial charge >= 0.3 is 0 Å². The Morgan fingerprint density at radius 3 is 2.26 bits per heavy atom. The zero-order chi connectivity index (χ0) is 22.7. The topological polar surface area (TPSA) is 126 Å². The number of hydrogen-bond acceptors (Lipinski definition) is 6. The van der Waals surface area contributed by atoms with Crippen LogP contribution in [0.25, 0.3) is 17.1 Å². The molecule has 0 aliphatic rings. The molecule has 8 heteroatoms. The van der Waals surface area contributed by atoms with Crippen molar-refractivity contribution in [2.24, 2.45) is 5.73 Å². The van der Waals surface area contributed by atoms with Gasteiger partial charge in [0.25, 0.3) is 5.91 Å². The maximum Gasteiger partial charge on any atom is 0.287 e. The molecule has 0 aliphatic heterocycles. The summed E-state index contributed by atoms with van der Waals surface area (Å²) in [5.41, 5.74) is 8.12. The number of aromatic nitrogens is 3. The highest BCUT2D eigenvalue weighted by Gasteiger charge is 2.23. The first kappa shape index (κ1) is 22.1. The Kier molecular flexibility index (Phi) is 6.48. The van der Waals surface area contributed by atoms with E-state index >= 15 is 0 Å². The number of phenolic OH excluding ortho intramolecular Hbond substituents is 2. The molecule has 1 heterocycles. The molecule has 1 amide bonds. The molecule has 3 aromatic rings. The van der Waals surface area contributed by atoms with Gasteiger partial charge in [0.15, 0.2) is 5.82 Å². The van der Waals surface area contributed by atoms with Crippen LogP contribution in [-0.4, -0.2) is 36.9 Å². The molecule has 0 fully saturated rings. The lowest BCUT2D eigenvalue weighted by Gasteiger charge is -2.17. The van der Waals surface area contributed by atoms with E-state index in [1.165, 1.54) is 10.6 Å². The number of nitrogens with two attached hydrogens (primary N) is 1. The van der Waals surface area contributed by atoms with Gasteiger partial charge in [-0.15, -0.1) is 10.2 Å². The highest BCUT2D eigenvalue weighted by Crippen LogP contribution is 2.38. The van der Waals surface area contributed by atoms with Gasteiger partial charge in [-0.25, -0.2) is 0 Å². The average molecular weight is 424 g/mol. The molecule has 1 aromatic heterocycles. The minimum atomic E-state index is -0.736. The molecule has 0 saturated heterocycles. The monoisotopic (exact) mass is 423 g/mol. The maximum absolute atomic E-state index is 12.0. The quantitative estimate of drug-likeness (QED) is 0.431. The van der Waals surface area contributed by atoms with Gasteiger partial charge in [0.05, 0.1) is 5.56 Å². The third kappa shape index (κ3) is 4.47. The lowest BCUT2D eigenvalue weighted by Crippen LogP contribution is -2.18. The Morgan fingerprint density at radius 2 is 1.71 bits per heavy atom. The standard InChI is InChI=1S/C23H29N5O3/c1-5-14(6-2)25-15-7-9-16(10-8-15)28-22(26-27-23(28)21(24)31)18-11-17(13(3)4)19(29)12-20(18)30/h7-14,25,29-30H,5-6H2,1-4H3,(H2,24,31). The second-order valence-corrected chi connectivity index (χ2v) is 7.83. The van der Waals surface area contributed by atoms with Crippen LogP contribution in [0.3, 0.4) is 0 Å². The predicted molar refractivity (Wildman–Crippen MR) is 121 cm³/mol. The fraction of sp³-hybridized carbons (Fsp3) is 0.348. The predicted octanol–water partition coefficient (Wildman–Crippen LogP) is 4.17. The number of anilines is 1. The summed E-state index contributed by atoms with van der Waals surface area (Å²) >= 11 is 0. The number of nitrogens with zero attached hydrogens (tertiary/aromatic N) is 3. The van der Waals surface area contributed by atoms with Crippen LogP contribution in [0, 0.1) is 0 Å². The molecule has 2 aromatic carbocycles. The number of carbonyl (C=O) groups is 1. The van der Waals surface area contributed by atoms with Gasteiger partial charge in [-0.1, -0.05) is 27.7 Å². The van der Waals surface area contributed by atoms with E-state index < -0.39 is 5.91 Å². The van der Waals surface area contributed by atoms with Crippen molar-refractivity contribution in [2.75, 3.05) is 5.32 Å². The van der Waals surface area contributed by atoms with E-state index in [1.54, 1.807) is 6.07 Å². The number of rotatable bonds is 8. The van der Waals surface area contributed by atoms with Crippen LogP contribution >= 0.6 is 0 Å². The minimum Gasteiger partial charge on any atom is -0.508 e. The van der Waals surface area contributed by atoms with Gasteiger partial charge in [-0.05, 0) is 54.7 Å². The Morgan fingerprint density at radius 1 is 1.06 bits per heavy atom. The number of hydrogen-bond donors (Lipinski definition) is 4. The van der Waals surface area contributed by atoms with E-state index in [0.717, 1.165) is 18.5 Å². The lowest BCUT2D eigenvalue weighted by molar-refractivity contribution is 0.0988. The van der Waals surface area contributed by atoms with Crippen LogP contribution in [0.1, 0.15) is 62.6 Å². The molecule has 0 atom stereocenters. The second kappa shape index (κ2) is 9.07. The normalized spacial score (nSPS) is 11.3. The van der Waals surface area contributed by atoms with Gasteiger partial charge < -0.3 is 21.3 Å². The number of nitrogens with one attached hydrogen (secondary N) is 1. The van der Waals surface area contributed by atoms with Crippen molar-refractivity contribution in [3.8, 4) is 28.6 Å². The number of benzene rings is 2. The van der Waals surface area contributed by atoms with E-state index in [4.69, 9.17) is 5.73 Å². The van der Waals surface area contributed by atoms with Crippen molar-refractivity contribution in [3.63, 3.8) is 0 Å². The number of aromatic hydroxyl groups is 2. The summed E-state index contributed by atoms with van der Waals surface area (Å²) in [5, 5.41) is 32.2. The Labute approximate surface area is 181 Å². The summed E-state index contributed by atoms with van der Waals surface area (Å²) < 4.78 is 1.51. The van der Waals surface area contributed by atoms with Crippen molar-refractivity contribution in [2.45, 2.75) is 52.5 Å². The average Bonchev–Trinajstić information content (AvgIpc) is 3.17. The molecule has 5 N–H and O–H groups in total. The van der Waals surface area contributed by atoms with E-state index in [2.05, 4.69) is 29.4 Å². The summed E-state index contributed by atoms with van der Waals surface area (Å²) in [6.45, 7) is 8.13. The van der Waals surface area contributed by atoms with Gasteiger partial charge in [0.1, 0.15) is 11.5 Å².